The molecule has 0 saturated carbocycles. The van der Waals surface area contributed by atoms with Gasteiger partial charge in [-0.15, -0.1) is 0 Å². The molecule has 0 amide bonds. The van der Waals surface area contributed by atoms with Crippen molar-refractivity contribution in [3.8, 4) is 5.75 Å². The van der Waals surface area contributed by atoms with Crippen LogP contribution in [0.25, 0.3) is 0 Å². The van der Waals surface area contributed by atoms with Gasteiger partial charge in [0.2, 0.25) is 5.95 Å². The molecule has 4 N–H and O–H groups in total. The SMILES string of the molecule is CCC[C@@H](CO)Nc1nc(N)nc(C)c1Cc1ccc(CN2CCCC2)cc1OC. The van der Waals surface area contributed by atoms with Gasteiger partial charge < -0.3 is 20.9 Å². The van der Waals surface area contributed by atoms with Gasteiger partial charge in [0.15, 0.2) is 0 Å². The number of methoxy groups -OCH3 is 1. The van der Waals surface area contributed by atoms with Crippen molar-refractivity contribution in [3.05, 3.63) is 40.6 Å². The van der Waals surface area contributed by atoms with Crippen molar-refractivity contribution in [2.24, 2.45) is 0 Å². The minimum atomic E-state index is -0.0628. The molecular formula is C23H35N5O2. The molecule has 0 spiro atoms. The summed E-state index contributed by atoms with van der Waals surface area (Å²) in [6, 6.07) is 6.40. The van der Waals surface area contributed by atoms with E-state index in [2.05, 4.69) is 45.3 Å². The summed E-state index contributed by atoms with van der Waals surface area (Å²) in [5.74, 6) is 1.80. The first-order valence-corrected chi connectivity index (χ1v) is 10.9. The van der Waals surface area contributed by atoms with E-state index in [1.165, 1.54) is 31.5 Å². The van der Waals surface area contributed by atoms with Gasteiger partial charge in [-0.05, 0) is 56.5 Å². The summed E-state index contributed by atoms with van der Waals surface area (Å²) in [4.78, 5) is 11.3. The fourth-order valence-electron chi connectivity index (χ4n) is 4.12. The molecule has 1 fully saturated rings. The number of nitrogens with zero attached hydrogens (tertiary/aromatic N) is 3. The highest BCUT2D eigenvalue weighted by atomic mass is 16.5. The minimum Gasteiger partial charge on any atom is -0.496 e. The van der Waals surface area contributed by atoms with Crippen molar-refractivity contribution in [1.29, 1.82) is 0 Å². The number of ether oxygens (including phenoxy) is 1. The number of nitrogens with two attached hydrogens (primary N) is 1. The first kappa shape index (κ1) is 22.3. The van der Waals surface area contributed by atoms with Crippen LogP contribution in [0.4, 0.5) is 11.8 Å². The number of hydrogen-bond donors (Lipinski definition) is 3. The number of nitrogen functional groups attached to an aromatic ring is 1. The van der Waals surface area contributed by atoms with E-state index in [9.17, 15) is 5.11 Å². The monoisotopic (exact) mass is 413 g/mol. The molecule has 3 rings (SSSR count). The Balaban J connectivity index is 1.85. The molecule has 0 unspecified atom stereocenters. The van der Waals surface area contributed by atoms with E-state index < -0.39 is 0 Å². The molecule has 1 aromatic carbocycles. The second-order valence-electron chi connectivity index (χ2n) is 8.11. The van der Waals surface area contributed by atoms with E-state index in [1.54, 1.807) is 7.11 Å². The predicted octanol–water partition coefficient (Wildman–Crippen LogP) is 3.14. The van der Waals surface area contributed by atoms with E-state index in [-0.39, 0.29) is 18.6 Å². The van der Waals surface area contributed by atoms with Gasteiger partial charge in [0.25, 0.3) is 0 Å². The Kier molecular flexibility index (Phi) is 7.87. The van der Waals surface area contributed by atoms with Crippen LogP contribution in [0, 0.1) is 6.92 Å². The van der Waals surface area contributed by atoms with E-state index in [0.29, 0.717) is 12.2 Å². The first-order valence-electron chi connectivity index (χ1n) is 10.9. The van der Waals surface area contributed by atoms with Crippen LogP contribution in [0.15, 0.2) is 18.2 Å². The van der Waals surface area contributed by atoms with Crippen molar-refractivity contribution in [3.63, 3.8) is 0 Å². The Morgan fingerprint density at radius 3 is 2.70 bits per heavy atom. The largest absolute Gasteiger partial charge is 0.496 e. The summed E-state index contributed by atoms with van der Waals surface area (Å²) in [6.45, 7) is 7.39. The number of rotatable bonds is 10. The van der Waals surface area contributed by atoms with Crippen molar-refractivity contribution >= 4 is 11.8 Å². The third-order valence-corrected chi connectivity index (χ3v) is 5.75. The zero-order valence-electron chi connectivity index (χ0n) is 18.4. The predicted molar refractivity (Wildman–Crippen MR) is 121 cm³/mol. The molecule has 1 aliphatic heterocycles. The Hall–Kier alpha value is -2.38. The van der Waals surface area contributed by atoms with Crippen molar-refractivity contribution < 1.29 is 9.84 Å². The van der Waals surface area contributed by atoms with Crippen LogP contribution in [0.3, 0.4) is 0 Å². The Labute approximate surface area is 179 Å². The smallest absolute Gasteiger partial charge is 0.222 e. The fourth-order valence-corrected chi connectivity index (χ4v) is 4.12. The highest BCUT2D eigenvalue weighted by Crippen LogP contribution is 2.28. The average Bonchev–Trinajstić information content (AvgIpc) is 3.23. The summed E-state index contributed by atoms with van der Waals surface area (Å²) in [7, 11) is 1.72. The van der Waals surface area contributed by atoms with Crippen LogP contribution in [0.1, 0.15) is 55.0 Å². The molecule has 0 bridgehead atoms. The topological polar surface area (TPSA) is 96.5 Å². The van der Waals surface area contributed by atoms with E-state index in [1.807, 2.05) is 6.92 Å². The number of aryl methyl sites for hydroxylation is 1. The van der Waals surface area contributed by atoms with Gasteiger partial charge in [-0.1, -0.05) is 25.5 Å². The molecule has 164 valence electrons. The van der Waals surface area contributed by atoms with Crippen LogP contribution >= 0.6 is 0 Å². The lowest BCUT2D eigenvalue weighted by Crippen LogP contribution is -2.25. The molecule has 0 aliphatic carbocycles. The average molecular weight is 414 g/mol. The first-order chi connectivity index (χ1) is 14.5. The highest BCUT2D eigenvalue weighted by molar-refractivity contribution is 5.53. The number of aromatic nitrogens is 2. The third-order valence-electron chi connectivity index (χ3n) is 5.75. The molecule has 7 nitrogen and oxygen atoms in total. The summed E-state index contributed by atoms with van der Waals surface area (Å²) in [5.41, 5.74) is 10.1. The van der Waals surface area contributed by atoms with Crippen LogP contribution in [0.5, 0.6) is 5.75 Å². The number of hydrogen-bond acceptors (Lipinski definition) is 7. The number of likely N-dealkylation sites (tertiary alicyclic amines) is 1. The molecule has 0 radical (unpaired) electrons. The van der Waals surface area contributed by atoms with Gasteiger partial charge in [-0.25, -0.2) is 4.98 Å². The molecular weight excluding hydrogens is 378 g/mol. The fraction of sp³-hybridized carbons (Fsp3) is 0.565. The number of benzene rings is 1. The molecule has 1 aliphatic rings. The third kappa shape index (κ3) is 5.61. The maximum Gasteiger partial charge on any atom is 0.222 e. The van der Waals surface area contributed by atoms with Gasteiger partial charge in [0.1, 0.15) is 11.6 Å². The zero-order valence-corrected chi connectivity index (χ0v) is 18.4. The van der Waals surface area contributed by atoms with Gasteiger partial charge in [0, 0.05) is 24.2 Å². The standard InChI is InChI=1S/C23H35N5O2/c1-4-7-19(15-29)26-22-20(16(2)25-23(24)27-22)13-18-9-8-17(12-21(18)30-3)14-28-10-5-6-11-28/h8-9,12,19,29H,4-7,10-11,13-15H2,1-3H3,(H3,24,25,26,27)/t19-/m0/s1. The molecule has 1 atom stereocenters. The molecule has 30 heavy (non-hydrogen) atoms. The van der Waals surface area contributed by atoms with Crippen molar-refractivity contribution in [2.45, 2.75) is 58.5 Å². The Morgan fingerprint density at radius 2 is 2.03 bits per heavy atom. The normalized spacial score (nSPS) is 15.3. The number of anilines is 2. The van der Waals surface area contributed by atoms with Crippen molar-refractivity contribution in [2.75, 3.05) is 37.9 Å². The zero-order chi connectivity index (χ0) is 21.5. The lowest BCUT2D eigenvalue weighted by atomic mass is 10.0. The molecule has 2 heterocycles. The van der Waals surface area contributed by atoms with E-state index in [0.717, 1.165) is 42.0 Å². The van der Waals surface area contributed by atoms with Crippen molar-refractivity contribution in [1.82, 2.24) is 14.9 Å². The number of aliphatic hydroxyl groups excluding tert-OH is 1. The van der Waals surface area contributed by atoms with E-state index >= 15 is 0 Å². The Morgan fingerprint density at radius 1 is 1.27 bits per heavy atom. The molecule has 2 aromatic rings. The van der Waals surface area contributed by atoms with Gasteiger partial charge >= 0.3 is 0 Å². The number of aliphatic hydroxyl groups is 1. The van der Waals surface area contributed by atoms with E-state index in [4.69, 9.17) is 10.5 Å². The molecule has 1 aromatic heterocycles. The number of nitrogens with one attached hydrogen (secondary N) is 1. The second kappa shape index (κ2) is 10.6. The highest BCUT2D eigenvalue weighted by Gasteiger charge is 2.18. The summed E-state index contributed by atoms with van der Waals surface area (Å²) >= 11 is 0. The summed E-state index contributed by atoms with van der Waals surface area (Å²) in [5, 5.41) is 13.1. The lowest BCUT2D eigenvalue weighted by Gasteiger charge is -2.21. The van der Waals surface area contributed by atoms with Crippen LogP contribution in [-0.4, -0.2) is 52.8 Å². The van der Waals surface area contributed by atoms with Gasteiger partial charge in [-0.2, -0.15) is 4.98 Å². The van der Waals surface area contributed by atoms with Gasteiger partial charge in [0.05, 0.1) is 19.8 Å². The second-order valence-corrected chi connectivity index (χ2v) is 8.11. The Bertz CT molecular complexity index is 837. The summed E-state index contributed by atoms with van der Waals surface area (Å²) < 4.78 is 5.72. The molecule has 7 heteroatoms. The lowest BCUT2D eigenvalue weighted by molar-refractivity contribution is 0.268. The van der Waals surface area contributed by atoms with Gasteiger partial charge in [-0.3, -0.25) is 4.90 Å². The van der Waals surface area contributed by atoms with Crippen LogP contribution in [-0.2, 0) is 13.0 Å². The maximum absolute atomic E-state index is 9.71. The van der Waals surface area contributed by atoms with Crippen LogP contribution in [0.2, 0.25) is 0 Å². The minimum absolute atomic E-state index is 0.0464. The van der Waals surface area contributed by atoms with Crippen LogP contribution < -0.4 is 15.8 Å². The molecule has 1 saturated heterocycles. The summed E-state index contributed by atoms with van der Waals surface area (Å²) in [6.07, 6.45) is 5.03. The quantitative estimate of drug-likeness (QED) is 0.551. The maximum atomic E-state index is 9.71.